The Morgan fingerprint density at radius 1 is 1.31 bits per heavy atom. The molecule has 1 fully saturated rings. The molecule has 0 saturated heterocycles. The molecule has 1 N–H and O–H groups in total. The fourth-order valence-corrected chi connectivity index (χ4v) is 3.76. The van der Waals surface area contributed by atoms with Crippen molar-refractivity contribution in [1.82, 2.24) is 0 Å². The molecular formula is C21H28N2O3. The number of nitrogens with one attached hydrogen (secondary N) is 1. The molecule has 0 bridgehead atoms. The summed E-state index contributed by atoms with van der Waals surface area (Å²) in [6, 6.07) is 5.45. The van der Waals surface area contributed by atoms with E-state index in [1.54, 1.807) is 4.90 Å². The van der Waals surface area contributed by atoms with Crippen LogP contribution in [0.2, 0.25) is 0 Å². The van der Waals surface area contributed by atoms with Gasteiger partial charge < -0.3 is 15.0 Å². The lowest BCUT2D eigenvalue weighted by atomic mass is 9.86. The maximum absolute atomic E-state index is 12.3. The summed E-state index contributed by atoms with van der Waals surface area (Å²) in [6.45, 7) is 6.27. The molecule has 0 aromatic heterocycles. The highest BCUT2D eigenvalue weighted by Gasteiger charge is 2.26. The Labute approximate surface area is 155 Å². The lowest BCUT2D eigenvalue weighted by molar-refractivity contribution is -0.121. The molecule has 5 nitrogen and oxygen atoms in total. The number of hydrogen-bond donors (Lipinski definition) is 1. The quantitative estimate of drug-likeness (QED) is 0.774. The van der Waals surface area contributed by atoms with E-state index in [1.807, 2.05) is 25.1 Å². The average molecular weight is 356 g/mol. The van der Waals surface area contributed by atoms with Crippen LogP contribution in [-0.2, 0) is 9.59 Å². The highest BCUT2D eigenvalue weighted by atomic mass is 16.5. The Kier molecular flexibility index (Phi) is 5.96. The van der Waals surface area contributed by atoms with Gasteiger partial charge in [-0.3, -0.25) is 9.59 Å². The Balaban J connectivity index is 1.63. The van der Waals surface area contributed by atoms with Crippen molar-refractivity contribution in [3.05, 3.63) is 30.4 Å². The van der Waals surface area contributed by atoms with Crippen LogP contribution in [0.15, 0.2) is 30.4 Å². The molecule has 1 aliphatic heterocycles. The summed E-state index contributed by atoms with van der Waals surface area (Å²) in [5, 5.41) is 2.97. The van der Waals surface area contributed by atoms with Gasteiger partial charge in [-0.25, -0.2) is 0 Å². The van der Waals surface area contributed by atoms with E-state index in [1.165, 1.54) is 32.1 Å². The molecule has 0 unspecified atom stereocenters. The number of amides is 2. The minimum atomic E-state index is -0.0960. The fourth-order valence-electron chi connectivity index (χ4n) is 3.76. The molecular weight excluding hydrogens is 328 g/mol. The normalized spacial score (nSPS) is 17.4. The number of fused-ring (bicyclic) bond motifs is 1. The first-order chi connectivity index (χ1) is 12.5. The topological polar surface area (TPSA) is 58.6 Å². The third-order valence-corrected chi connectivity index (χ3v) is 5.12. The third kappa shape index (κ3) is 4.65. The molecule has 1 aromatic rings. The molecule has 1 aromatic carbocycles. The Morgan fingerprint density at radius 2 is 2.08 bits per heavy atom. The molecule has 140 valence electrons. The zero-order chi connectivity index (χ0) is 18.5. The Bertz CT molecular complexity index is 692. The largest absolute Gasteiger partial charge is 0.482 e. The van der Waals surface area contributed by atoms with Gasteiger partial charge in [-0.05, 0) is 37.5 Å². The summed E-state index contributed by atoms with van der Waals surface area (Å²) in [7, 11) is 0. The molecule has 2 aliphatic rings. The fraction of sp³-hybridized carbons (Fsp3) is 0.524. The van der Waals surface area contributed by atoms with Crippen LogP contribution in [0.1, 0.15) is 51.9 Å². The molecule has 2 amide bonds. The van der Waals surface area contributed by atoms with Gasteiger partial charge in [0.15, 0.2) is 6.61 Å². The molecule has 26 heavy (non-hydrogen) atoms. The standard InChI is InChI=1S/C21H28N2O3/c1-15(2)13-23-18-12-17(9-10-19(18)26-14-21(23)25)22-20(24)11-8-16-6-4-3-5-7-16/h9-10,12,16H,1,3-8,11,13-14H2,2H3,(H,22,24). The summed E-state index contributed by atoms with van der Waals surface area (Å²) in [5.74, 6) is 1.28. The molecule has 3 rings (SSSR count). The molecule has 0 atom stereocenters. The summed E-state index contributed by atoms with van der Waals surface area (Å²) < 4.78 is 5.50. The van der Waals surface area contributed by atoms with Gasteiger partial charge >= 0.3 is 0 Å². The van der Waals surface area contributed by atoms with Crippen LogP contribution in [0.25, 0.3) is 0 Å². The van der Waals surface area contributed by atoms with Crippen molar-refractivity contribution in [2.45, 2.75) is 51.9 Å². The van der Waals surface area contributed by atoms with E-state index >= 15 is 0 Å². The van der Waals surface area contributed by atoms with Crippen molar-refractivity contribution < 1.29 is 14.3 Å². The van der Waals surface area contributed by atoms with Crippen LogP contribution in [-0.4, -0.2) is 25.0 Å². The van der Waals surface area contributed by atoms with Gasteiger partial charge in [-0.2, -0.15) is 0 Å². The number of nitrogens with zero attached hydrogens (tertiary/aromatic N) is 1. The molecule has 0 spiro atoms. The molecule has 0 radical (unpaired) electrons. The van der Waals surface area contributed by atoms with Crippen molar-refractivity contribution in [3.63, 3.8) is 0 Å². The van der Waals surface area contributed by atoms with Crippen LogP contribution in [0, 0.1) is 5.92 Å². The van der Waals surface area contributed by atoms with Gasteiger partial charge in [-0.1, -0.05) is 44.3 Å². The third-order valence-electron chi connectivity index (χ3n) is 5.12. The summed E-state index contributed by atoms with van der Waals surface area (Å²) in [5.41, 5.74) is 2.28. The van der Waals surface area contributed by atoms with E-state index in [2.05, 4.69) is 11.9 Å². The molecule has 5 heteroatoms. The van der Waals surface area contributed by atoms with Gasteiger partial charge in [-0.15, -0.1) is 0 Å². The number of hydrogen-bond acceptors (Lipinski definition) is 3. The second-order valence-corrected chi connectivity index (χ2v) is 7.50. The molecule has 1 heterocycles. The van der Waals surface area contributed by atoms with E-state index in [-0.39, 0.29) is 18.4 Å². The van der Waals surface area contributed by atoms with Crippen LogP contribution < -0.4 is 15.0 Å². The Hall–Kier alpha value is -2.30. The summed E-state index contributed by atoms with van der Waals surface area (Å²) in [6.07, 6.45) is 7.93. The lowest BCUT2D eigenvalue weighted by Gasteiger charge is -2.30. The van der Waals surface area contributed by atoms with Crippen molar-refractivity contribution >= 4 is 23.2 Å². The van der Waals surface area contributed by atoms with Gasteiger partial charge in [0.25, 0.3) is 5.91 Å². The molecule has 1 aliphatic carbocycles. The minimum Gasteiger partial charge on any atom is -0.482 e. The lowest BCUT2D eigenvalue weighted by Crippen LogP contribution is -2.39. The maximum Gasteiger partial charge on any atom is 0.265 e. The minimum absolute atomic E-state index is 0.0324. The van der Waals surface area contributed by atoms with Crippen molar-refractivity contribution in [1.29, 1.82) is 0 Å². The first-order valence-electron chi connectivity index (χ1n) is 9.54. The van der Waals surface area contributed by atoms with Crippen LogP contribution in [0.4, 0.5) is 11.4 Å². The van der Waals surface area contributed by atoms with Gasteiger partial charge in [0, 0.05) is 18.7 Å². The monoisotopic (exact) mass is 356 g/mol. The number of ether oxygens (including phenoxy) is 1. The van der Waals surface area contributed by atoms with Crippen LogP contribution >= 0.6 is 0 Å². The highest BCUT2D eigenvalue weighted by molar-refractivity contribution is 5.99. The number of carbonyl (C=O) groups excluding carboxylic acids is 2. The SMILES string of the molecule is C=C(C)CN1C(=O)COc2ccc(NC(=O)CCC3CCCCC3)cc21. The van der Waals surface area contributed by atoms with Crippen molar-refractivity contribution in [2.75, 3.05) is 23.4 Å². The highest BCUT2D eigenvalue weighted by Crippen LogP contribution is 2.35. The number of rotatable bonds is 6. The predicted molar refractivity (Wildman–Crippen MR) is 104 cm³/mol. The number of benzene rings is 1. The number of carbonyl (C=O) groups is 2. The van der Waals surface area contributed by atoms with E-state index < -0.39 is 0 Å². The summed E-state index contributed by atoms with van der Waals surface area (Å²) in [4.78, 5) is 26.2. The molecule has 1 saturated carbocycles. The van der Waals surface area contributed by atoms with E-state index in [4.69, 9.17) is 4.74 Å². The van der Waals surface area contributed by atoms with Crippen LogP contribution in [0.3, 0.4) is 0 Å². The van der Waals surface area contributed by atoms with E-state index in [9.17, 15) is 9.59 Å². The van der Waals surface area contributed by atoms with Crippen molar-refractivity contribution in [2.24, 2.45) is 5.92 Å². The van der Waals surface area contributed by atoms with Gasteiger partial charge in [0.05, 0.1) is 5.69 Å². The first kappa shape index (κ1) is 18.5. The van der Waals surface area contributed by atoms with E-state index in [0.29, 0.717) is 36.0 Å². The van der Waals surface area contributed by atoms with Crippen LogP contribution in [0.5, 0.6) is 5.75 Å². The van der Waals surface area contributed by atoms with Gasteiger partial charge in [0.1, 0.15) is 5.75 Å². The smallest absolute Gasteiger partial charge is 0.265 e. The second kappa shape index (κ2) is 8.39. The Morgan fingerprint density at radius 3 is 2.81 bits per heavy atom. The maximum atomic E-state index is 12.3. The summed E-state index contributed by atoms with van der Waals surface area (Å²) >= 11 is 0. The average Bonchev–Trinajstić information content (AvgIpc) is 2.63. The predicted octanol–water partition coefficient (Wildman–Crippen LogP) is 4.29. The number of anilines is 2. The van der Waals surface area contributed by atoms with Crippen molar-refractivity contribution in [3.8, 4) is 5.75 Å². The zero-order valence-electron chi connectivity index (χ0n) is 15.6. The van der Waals surface area contributed by atoms with E-state index in [0.717, 1.165) is 12.0 Å². The second-order valence-electron chi connectivity index (χ2n) is 7.50. The van der Waals surface area contributed by atoms with Gasteiger partial charge in [0.2, 0.25) is 5.91 Å². The first-order valence-corrected chi connectivity index (χ1v) is 9.54. The zero-order valence-corrected chi connectivity index (χ0v) is 15.6.